The molecule has 0 bridgehead atoms. The van der Waals surface area contributed by atoms with Gasteiger partial charge in [0.2, 0.25) is 5.88 Å². The molecule has 0 fully saturated rings. The van der Waals surface area contributed by atoms with E-state index in [0.717, 1.165) is 0 Å². The lowest BCUT2D eigenvalue weighted by atomic mass is 10.1. The second-order valence-electron chi connectivity index (χ2n) is 7.01. The highest BCUT2D eigenvalue weighted by Crippen LogP contribution is 2.28. The van der Waals surface area contributed by atoms with Crippen LogP contribution in [0.4, 0.5) is 5.88 Å². The largest absolute Gasteiger partial charge is 0.479 e. The van der Waals surface area contributed by atoms with Crippen LogP contribution in [0.15, 0.2) is 28.7 Å². The Morgan fingerprint density at radius 2 is 1.61 bits per heavy atom. The number of anilines is 1. The molecular weight excluding hydrogens is 434 g/mol. The van der Waals surface area contributed by atoms with Crippen LogP contribution in [0.5, 0.6) is 5.75 Å². The highest BCUT2D eigenvalue weighted by atomic mass is 16.6. The lowest BCUT2D eigenvalue weighted by molar-refractivity contribution is -0.153. The molecule has 0 saturated carbocycles. The predicted molar refractivity (Wildman–Crippen MR) is 116 cm³/mol. The molecule has 10 nitrogen and oxygen atoms in total. The summed E-state index contributed by atoms with van der Waals surface area (Å²) in [5.41, 5.74) is 0.295. The smallest absolute Gasteiger partial charge is 0.347 e. The standard InChI is InChI=1S/C23H25NO9/c1-6-30-23(29)20-19(13(3)26)14(4)33-21(20)24-18(27)11-31-22(28)15(5)32-17-9-7-16(8-10-17)12(2)25/h7-10,15H,6,11H2,1-5H3,(H,24,27). The Labute approximate surface area is 190 Å². The van der Waals surface area contributed by atoms with Gasteiger partial charge < -0.3 is 18.6 Å². The van der Waals surface area contributed by atoms with Crippen molar-refractivity contribution in [3.05, 3.63) is 46.7 Å². The summed E-state index contributed by atoms with van der Waals surface area (Å²) in [5, 5.41) is 2.32. The van der Waals surface area contributed by atoms with Crippen molar-refractivity contribution in [1.82, 2.24) is 0 Å². The molecule has 1 aromatic heterocycles. The monoisotopic (exact) mass is 459 g/mol. The first-order valence-electron chi connectivity index (χ1n) is 10.1. The van der Waals surface area contributed by atoms with Gasteiger partial charge in [-0.1, -0.05) is 0 Å². The molecule has 0 radical (unpaired) electrons. The van der Waals surface area contributed by atoms with Crippen molar-refractivity contribution >= 4 is 35.3 Å². The number of furan rings is 1. The topological polar surface area (TPSA) is 138 Å². The molecule has 0 aliphatic carbocycles. The van der Waals surface area contributed by atoms with E-state index in [1.165, 1.54) is 39.8 Å². The van der Waals surface area contributed by atoms with Crippen LogP contribution in [0, 0.1) is 6.92 Å². The lowest BCUT2D eigenvalue weighted by Crippen LogP contribution is -2.30. The second-order valence-corrected chi connectivity index (χ2v) is 7.01. The maximum atomic E-state index is 12.3. The third-order valence-electron chi connectivity index (χ3n) is 4.42. The molecule has 1 aromatic carbocycles. The maximum absolute atomic E-state index is 12.3. The van der Waals surface area contributed by atoms with E-state index < -0.39 is 36.3 Å². The number of Topliss-reactive ketones (excluding diaryl/α,β-unsaturated/α-hetero) is 2. The SMILES string of the molecule is CCOC(=O)c1c(NC(=O)COC(=O)C(C)Oc2ccc(C(C)=O)cc2)oc(C)c1C(C)=O. The van der Waals surface area contributed by atoms with Crippen LogP contribution in [0.25, 0.3) is 0 Å². The molecular formula is C23H25NO9. The zero-order valence-electron chi connectivity index (χ0n) is 19.0. The average molecular weight is 459 g/mol. The first-order valence-corrected chi connectivity index (χ1v) is 10.1. The average Bonchev–Trinajstić information content (AvgIpc) is 3.08. The molecule has 0 spiro atoms. The zero-order chi connectivity index (χ0) is 24.7. The number of rotatable bonds is 10. The molecule has 0 aliphatic rings. The van der Waals surface area contributed by atoms with Gasteiger partial charge >= 0.3 is 11.9 Å². The first kappa shape index (κ1) is 25.3. The fourth-order valence-electron chi connectivity index (χ4n) is 2.89. The van der Waals surface area contributed by atoms with E-state index in [1.54, 1.807) is 19.1 Å². The molecule has 1 unspecified atom stereocenters. The molecule has 1 amide bonds. The number of ether oxygens (including phenoxy) is 3. The normalized spacial score (nSPS) is 11.3. The van der Waals surface area contributed by atoms with Crippen molar-refractivity contribution in [3.63, 3.8) is 0 Å². The number of hydrogen-bond acceptors (Lipinski definition) is 9. The van der Waals surface area contributed by atoms with Crippen LogP contribution in [0.1, 0.15) is 64.5 Å². The van der Waals surface area contributed by atoms with Crippen molar-refractivity contribution in [2.45, 2.75) is 40.7 Å². The van der Waals surface area contributed by atoms with E-state index in [-0.39, 0.29) is 35.2 Å². The van der Waals surface area contributed by atoms with Gasteiger partial charge in [0.1, 0.15) is 17.1 Å². The number of nitrogens with one attached hydrogen (secondary N) is 1. The number of esters is 2. The Kier molecular flexibility index (Phi) is 8.49. The van der Waals surface area contributed by atoms with E-state index in [4.69, 9.17) is 18.6 Å². The Morgan fingerprint density at radius 1 is 0.970 bits per heavy atom. The van der Waals surface area contributed by atoms with Gasteiger partial charge in [0.05, 0.1) is 12.2 Å². The summed E-state index contributed by atoms with van der Waals surface area (Å²) in [6.07, 6.45) is -1.04. The van der Waals surface area contributed by atoms with Crippen LogP contribution in [-0.2, 0) is 19.1 Å². The summed E-state index contributed by atoms with van der Waals surface area (Å²) in [6.45, 7) is 6.56. The van der Waals surface area contributed by atoms with Crippen molar-refractivity contribution in [2.75, 3.05) is 18.5 Å². The summed E-state index contributed by atoms with van der Waals surface area (Å²) in [4.78, 5) is 59.9. The number of benzene rings is 1. The van der Waals surface area contributed by atoms with Gasteiger partial charge in [-0.05, 0) is 58.9 Å². The maximum Gasteiger partial charge on any atom is 0.347 e. The lowest BCUT2D eigenvalue weighted by Gasteiger charge is -2.14. The van der Waals surface area contributed by atoms with Gasteiger partial charge in [-0.15, -0.1) is 0 Å². The van der Waals surface area contributed by atoms with Crippen molar-refractivity contribution in [1.29, 1.82) is 0 Å². The minimum atomic E-state index is -1.04. The fraction of sp³-hybridized carbons (Fsp3) is 0.348. The highest BCUT2D eigenvalue weighted by Gasteiger charge is 2.29. The van der Waals surface area contributed by atoms with E-state index in [0.29, 0.717) is 11.3 Å². The number of carbonyl (C=O) groups excluding carboxylic acids is 5. The summed E-state index contributed by atoms with van der Waals surface area (Å²) in [7, 11) is 0. The zero-order valence-corrected chi connectivity index (χ0v) is 19.0. The number of hydrogen-bond donors (Lipinski definition) is 1. The quantitative estimate of drug-likeness (QED) is 0.419. The van der Waals surface area contributed by atoms with Gasteiger partial charge in [0.25, 0.3) is 5.91 Å². The summed E-state index contributed by atoms with van der Waals surface area (Å²) >= 11 is 0. The number of aryl methyl sites for hydroxylation is 1. The first-order chi connectivity index (χ1) is 15.5. The van der Waals surface area contributed by atoms with Crippen molar-refractivity contribution in [2.24, 2.45) is 0 Å². The molecule has 2 aromatic rings. The molecule has 0 aliphatic heterocycles. The van der Waals surface area contributed by atoms with Gasteiger partial charge in [0.15, 0.2) is 24.3 Å². The molecule has 0 saturated heterocycles. The minimum Gasteiger partial charge on any atom is -0.479 e. The minimum absolute atomic E-state index is 0.00133. The number of ketones is 2. The molecule has 33 heavy (non-hydrogen) atoms. The molecule has 1 atom stereocenters. The highest BCUT2D eigenvalue weighted by molar-refractivity contribution is 6.10. The fourth-order valence-corrected chi connectivity index (χ4v) is 2.89. The summed E-state index contributed by atoms with van der Waals surface area (Å²) < 4.78 is 20.7. The van der Waals surface area contributed by atoms with Crippen LogP contribution >= 0.6 is 0 Å². The van der Waals surface area contributed by atoms with Gasteiger partial charge in [-0.25, -0.2) is 9.59 Å². The molecule has 176 valence electrons. The van der Waals surface area contributed by atoms with Crippen LogP contribution in [0.2, 0.25) is 0 Å². The number of carbonyl (C=O) groups is 5. The Morgan fingerprint density at radius 3 is 2.15 bits per heavy atom. The molecule has 2 rings (SSSR count). The Hall–Kier alpha value is -3.95. The van der Waals surface area contributed by atoms with Crippen LogP contribution in [0.3, 0.4) is 0 Å². The third kappa shape index (κ3) is 6.52. The third-order valence-corrected chi connectivity index (χ3v) is 4.42. The van der Waals surface area contributed by atoms with Gasteiger partial charge in [-0.2, -0.15) is 0 Å². The molecule has 1 heterocycles. The molecule has 1 N–H and O–H groups in total. The Bertz CT molecular complexity index is 1070. The Balaban J connectivity index is 2.00. The summed E-state index contributed by atoms with van der Waals surface area (Å²) in [6, 6.07) is 6.20. The van der Waals surface area contributed by atoms with E-state index >= 15 is 0 Å². The van der Waals surface area contributed by atoms with Gasteiger partial charge in [-0.3, -0.25) is 19.7 Å². The van der Waals surface area contributed by atoms with Crippen LogP contribution < -0.4 is 10.1 Å². The van der Waals surface area contributed by atoms with Crippen molar-refractivity contribution < 1.29 is 42.6 Å². The van der Waals surface area contributed by atoms with E-state index in [1.807, 2.05) is 0 Å². The van der Waals surface area contributed by atoms with Crippen LogP contribution in [-0.4, -0.2) is 48.7 Å². The van der Waals surface area contributed by atoms with Crippen molar-refractivity contribution in [3.8, 4) is 5.75 Å². The van der Waals surface area contributed by atoms with E-state index in [2.05, 4.69) is 5.32 Å². The number of amides is 1. The predicted octanol–water partition coefficient (Wildman–Crippen LogP) is 3.12. The van der Waals surface area contributed by atoms with E-state index in [9.17, 15) is 24.0 Å². The second kappa shape index (κ2) is 11.1. The molecule has 10 heteroatoms. The summed E-state index contributed by atoms with van der Waals surface area (Å²) in [5.74, 6) is -2.77. The van der Waals surface area contributed by atoms with Gasteiger partial charge in [0, 0.05) is 5.56 Å².